The smallest absolute Gasteiger partial charge is 0.220 e. The summed E-state index contributed by atoms with van der Waals surface area (Å²) in [6, 6.07) is 0. The van der Waals surface area contributed by atoms with Gasteiger partial charge in [0.05, 0.1) is 13.2 Å². The Bertz CT molecular complexity index is 282. The minimum atomic E-state index is 0.121. The zero-order chi connectivity index (χ0) is 14.9. The molecule has 0 aliphatic heterocycles. The van der Waals surface area contributed by atoms with E-state index < -0.39 is 0 Å². The second kappa shape index (κ2) is 8.36. The van der Waals surface area contributed by atoms with Crippen LogP contribution in [0.5, 0.6) is 0 Å². The first-order chi connectivity index (χ1) is 8.60. The van der Waals surface area contributed by atoms with Gasteiger partial charge in [0, 0.05) is 13.0 Å². The highest BCUT2D eigenvalue weighted by molar-refractivity contribution is 5.76. The molecule has 0 rings (SSSR count). The highest BCUT2D eigenvalue weighted by Crippen LogP contribution is 2.12. The molecule has 0 aromatic carbocycles. The molecule has 0 unspecified atom stereocenters. The van der Waals surface area contributed by atoms with Crippen LogP contribution >= 0.6 is 0 Å². The number of carbonyl (C=O) groups excluding carboxylic acids is 1. The second-order valence-corrected chi connectivity index (χ2v) is 7.42. The molecule has 0 aromatic heterocycles. The fourth-order valence-corrected chi connectivity index (χ4v) is 1.29. The van der Waals surface area contributed by atoms with Crippen molar-refractivity contribution in [2.75, 3.05) is 19.8 Å². The number of amides is 1. The Hall–Kier alpha value is -0.830. The molecule has 0 aliphatic carbocycles. The number of carbonyl (C=O) groups is 1. The van der Waals surface area contributed by atoms with E-state index in [0.29, 0.717) is 13.0 Å². The van der Waals surface area contributed by atoms with Crippen molar-refractivity contribution < 1.29 is 9.53 Å². The van der Waals surface area contributed by atoms with E-state index in [-0.39, 0.29) is 16.7 Å². The van der Waals surface area contributed by atoms with Crippen LogP contribution in [-0.2, 0) is 9.53 Å². The minimum Gasteiger partial charge on any atom is -0.377 e. The lowest BCUT2D eigenvalue weighted by atomic mass is 9.97. The lowest BCUT2D eigenvalue weighted by Crippen LogP contribution is -2.31. The molecule has 1 amide bonds. The van der Waals surface area contributed by atoms with E-state index in [9.17, 15) is 4.79 Å². The Morgan fingerprint density at radius 1 is 1.05 bits per heavy atom. The Morgan fingerprint density at radius 2 is 1.68 bits per heavy atom. The van der Waals surface area contributed by atoms with E-state index in [1.165, 1.54) is 0 Å². The van der Waals surface area contributed by atoms with E-state index in [0.717, 1.165) is 19.6 Å². The molecule has 0 bridgehead atoms. The molecule has 0 saturated carbocycles. The molecule has 3 heteroatoms. The average molecular weight is 269 g/mol. The maximum atomic E-state index is 11.5. The van der Waals surface area contributed by atoms with Crippen LogP contribution in [0.4, 0.5) is 0 Å². The Morgan fingerprint density at radius 3 is 2.21 bits per heavy atom. The molecule has 0 radical (unpaired) electrons. The third-order valence-electron chi connectivity index (χ3n) is 2.27. The fraction of sp³-hybridized carbons (Fsp3) is 0.812. The molecule has 1 N–H and O–H groups in total. The molecular weight excluding hydrogens is 238 g/mol. The van der Waals surface area contributed by atoms with Crippen molar-refractivity contribution in [3.63, 3.8) is 0 Å². The highest BCUT2D eigenvalue weighted by Gasteiger charge is 2.11. The summed E-state index contributed by atoms with van der Waals surface area (Å²) in [7, 11) is 0. The van der Waals surface area contributed by atoms with Crippen LogP contribution in [0.25, 0.3) is 0 Å². The maximum absolute atomic E-state index is 11.5. The van der Waals surface area contributed by atoms with Gasteiger partial charge in [-0.3, -0.25) is 4.79 Å². The van der Waals surface area contributed by atoms with E-state index in [4.69, 9.17) is 4.74 Å². The Balaban J connectivity index is 3.55. The van der Waals surface area contributed by atoms with Gasteiger partial charge in [-0.2, -0.15) is 0 Å². The third kappa shape index (κ3) is 15.1. The van der Waals surface area contributed by atoms with E-state index in [1.54, 1.807) is 0 Å². The van der Waals surface area contributed by atoms with Gasteiger partial charge in [-0.25, -0.2) is 0 Å². The SMILES string of the molecule is CC(C)(C)CNC(=O)CCC=CCOCC(C)(C)C. The summed E-state index contributed by atoms with van der Waals surface area (Å²) in [6.45, 7) is 14.9. The molecule has 0 spiro atoms. The first kappa shape index (κ1) is 18.2. The average Bonchev–Trinajstić information content (AvgIpc) is 2.22. The first-order valence-electron chi connectivity index (χ1n) is 7.10. The molecule has 19 heavy (non-hydrogen) atoms. The summed E-state index contributed by atoms with van der Waals surface area (Å²) < 4.78 is 5.51. The van der Waals surface area contributed by atoms with Crippen molar-refractivity contribution >= 4 is 5.91 Å². The Labute approximate surface area is 118 Å². The van der Waals surface area contributed by atoms with Crippen LogP contribution in [0.1, 0.15) is 54.4 Å². The van der Waals surface area contributed by atoms with Crippen LogP contribution in [0, 0.1) is 10.8 Å². The van der Waals surface area contributed by atoms with Crippen molar-refractivity contribution in [1.82, 2.24) is 5.32 Å². The van der Waals surface area contributed by atoms with Crippen LogP contribution < -0.4 is 5.32 Å². The standard InChI is InChI=1S/C16H31NO2/c1-15(2,3)12-17-14(18)10-8-7-9-11-19-13-16(4,5)6/h7,9H,8,10-13H2,1-6H3,(H,17,18). The number of hydrogen-bond acceptors (Lipinski definition) is 2. The fourth-order valence-electron chi connectivity index (χ4n) is 1.29. The minimum absolute atomic E-state index is 0.121. The normalized spacial score (nSPS) is 12.9. The van der Waals surface area contributed by atoms with E-state index in [1.807, 2.05) is 12.2 Å². The third-order valence-corrected chi connectivity index (χ3v) is 2.27. The summed E-state index contributed by atoms with van der Waals surface area (Å²) >= 11 is 0. The number of hydrogen-bond donors (Lipinski definition) is 1. The molecule has 0 fully saturated rings. The summed E-state index contributed by atoms with van der Waals surface area (Å²) in [5.74, 6) is 0.121. The van der Waals surface area contributed by atoms with Gasteiger partial charge in [-0.15, -0.1) is 0 Å². The van der Waals surface area contributed by atoms with Crippen molar-refractivity contribution in [2.45, 2.75) is 54.4 Å². The summed E-state index contributed by atoms with van der Waals surface area (Å²) in [5, 5.41) is 2.94. The van der Waals surface area contributed by atoms with Gasteiger partial charge in [0.2, 0.25) is 5.91 Å². The van der Waals surface area contributed by atoms with Crippen molar-refractivity contribution in [1.29, 1.82) is 0 Å². The maximum Gasteiger partial charge on any atom is 0.220 e. The number of rotatable bonds is 7. The Kier molecular flexibility index (Phi) is 8.00. The second-order valence-electron chi connectivity index (χ2n) is 7.42. The summed E-state index contributed by atoms with van der Waals surface area (Å²) in [5.41, 5.74) is 0.354. The topological polar surface area (TPSA) is 38.3 Å². The summed E-state index contributed by atoms with van der Waals surface area (Å²) in [6.07, 6.45) is 5.32. The van der Waals surface area contributed by atoms with Crippen LogP contribution in [0.3, 0.4) is 0 Å². The van der Waals surface area contributed by atoms with Crippen molar-refractivity contribution in [2.24, 2.45) is 10.8 Å². The van der Waals surface area contributed by atoms with E-state index >= 15 is 0 Å². The van der Waals surface area contributed by atoms with Crippen LogP contribution in [0.2, 0.25) is 0 Å². The number of allylic oxidation sites excluding steroid dienone is 1. The van der Waals surface area contributed by atoms with Crippen molar-refractivity contribution in [3.05, 3.63) is 12.2 Å². The molecule has 0 heterocycles. The monoisotopic (exact) mass is 269 g/mol. The van der Waals surface area contributed by atoms with Gasteiger partial charge in [-0.1, -0.05) is 53.7 Å². The molecular formula is C16H31NO2. The van der Waals surface area contributed by atoms with Gasteiger partial charge in [-0.05, 0) is 17.3 Å². The van der Waals surface area contributed by atoms with Crippen molar-refractivity contribution in [3.8, 4) is 0 Å². The molecule has 0 atom stereocenters. The summed E-state index contributed by atoms with van der Waals surface area (Å²) in [4.78, 5) is 11.5. The molecule has 112 valence electrons. The van der Waals surface area contributed by atoms with Crippen LogP contribution in [-0.4, -0.2) is 25.7 Å². The van der Waals surface area contributed by atoms with Gasteiger partial charge < -0.3 is 10.1 Å². The molecule has 0 aliphatic rings. The highest BCUT2D eigenvalue weighted by atomic mass is 16.5. The molecule has 0 aromatic rings. The van der Waals surface area contributed by atoms with Gasteiger partial charge >= 0.3 is 0 Å². The lowest BCUT2D eigenvalue weighted by molar-refractivity contribution is -0.121. The zero-order valence-corrected chi connectivity index (χ0v) is 13.5. The lowest BCUT2D eigenvalue weighted by Gasteiger charge is -2.18. The van der Waals surface area contributed by atoms with E-state index in [2.05, 4.69) is 46.9 Å². The quantitative estimate of drug-likeness (QED) is 0.567. The predicted octanol–water partition coefficient (Wildman–Crippen LogP) is 3.55. The van der Waals surface area contributed by atoms with Gasteiger partial charge in [0.1, 0.15) is 0 Å². The first-order valence-corrected chi connectivity index (χ1v) is 7.10. The van der Waals surface area contributed by atoms with Crippen LogP contribution in [0.15, 0.2) is 12.2 Å². The largest absolute Gasteiger partial charge is 0.377 e. The number of nitrogens with one attached hydrogen (secondary N) is 1. The predicted molar refractivity (Wildman–Crippen MR) is 81.1 cm³/mol. The number of ether oxygens (including phenoxy) is 1. The molecule has 3 nitrogen and oxygen atoms in total. The zero-order valence-electron chi connectivity index (χ0n) is 13.5. The molecule has 0 saturated heterocycles. The van der Waals surface area contributed by atoms with Gasteiger partial charge in [0.25, 0.3) is 0 Å². The van der Waals surface area contributed by atoms with Gasteiger partial charge in [0.15, 0.2) is 0 Å².